The van der Waals surface area contributed by atoms with Gasteiger partial charge in [0.15, 0.2) is 5.78 Å². The van der Waals surface area contributed by atoms with Crippen LogP contribution in [0.1, 0.15) is 33.1 Å². The second kappa shape index (κ2) is 4.28. The molecule has 2 rings (SSSR count). The first-order valence-electron chi connectivity index (χ1n) is 5.83. The van der Waals surface area contributed by atoms with Crippen molar-refractivity contribution in [2.75, 3.05) is 13.2 Å². The minimum Gasteiger partial charge on any atom is -0.462 e. The molecule has 1 fully saturated rings. The highest BCUT2D eigenvalue weighted by molar-refractivity contribution is 6.18. The molecule has 0 radical (unpaired) electrons. The number of nitrogens with zero attached hydrogens (tertiary/aromatic N) is 1. The van der Waals surface area contributed by atoms with E-state index in [0.29, 0.717) is 19.1 Å². The molecule has 2 aliphatic rings. The van der Waals surface area contributed by atoms with Gasteiger partial charge in [-0.1, -0.05) is 0 Å². The molecule has 0 aromatic heterocycles. The van der Waals surface area contributed by atoms with Crippen LogP contribution in [0.25, 0.3) is 0 Å². The van der Waals surface area contributed by atoms with Gasteiger partial charge >= 0.3 is 5.97 Å². The molecule has 2 heterocycles. The number of fused-ring (bicyclic) bond motifs is 1. The van der Waals surface area contributed by atoms with Crippen LogP contribution in [-0.4, -0.2) is 35.8 Å². The predicted molar refractivity (Wildman–Crippen MR) is 58.7 cm³/mol. The van der Waals surface area contributed by atoms with Crippen molar-refractivity contribution in [2.24, 2.45) is 0 Å². The Balaban J connectivity index is 2.29. The molecule has 16 heavy (non-hydrogen) atoms. The Morgan fingerprint density at radius 2 is 2.31 bits per heavy atom. The van der Waals surface area contributed by atoms with Gasteiger partial charge < -0.3 is 9.64 Å². The van der Waals surface area contributed by atoms with Gasteiger partial charge in [-0.3, -0.25) is 4.79 Å². The van der Waals surface area contributed by atoms with Crippen molar-refractivity contribution >= 4 is 11.8 Å². The van der Waals surface area contributed by atoms with E-state index >= 15 is 0 Å². The Labute approximate surface area is 95.2 Å². The Hall–Kier alpha value is -1.32. The van der Waals surface area contributed by atoms with E-state index in [4.69, 9.17) is 4.74 Å². The number of ketones is 1. The molecule has 0 aromatic carbocycles. The van der Waals surface area contributed by atoms with Crippen molar-refractivity contribution in [3.8, 4) is 0 Å². The van der Waals surface area contributed by atoms with Gasteiger partial charge in [0.05, 0.1) is 6.61 Å². The fourth-order valence-corrected chi connectivity index (χ4v) is 2.62. The second-order valence-corrected chi connectivity index (χ2v) is 4.30. The van der Waals surface area contributed by atoms with Crippen LogP contribution >= 0.6 is 0 Å². The van der Waals surface area contributed by atoms with Crippen molar-refractivity contribution in [1.82, 2.24) is 4.90 Å². The van der Waals surface area contributed by atoms with E-state index in [1.165, 1.54) is 0 Å². The fraction of sp³-hybridized carbons (Fsp3) is 0.667. The van der Waals surface area contributed by atoms with E-state index < -0.39 is 5.97 Å². The number of hydrogen-bond donors (Lipinski definition) is 0. The summed E-state index contributed by atoms with van der Waals surface area (Å²) in [6, 6.07) is 0.311. The minimum absolute atomic E-state index is 0.0564. The van der Waals surface area contributed by atoms with Crippen LogP contribution in [0.15, 0.2) is 11.3 Å². The first-order valence-corrected chi connectivity index (χ1v) is 5.83. The van der Waals surface area contributed by atoms with Crippen LogP contribution in [0, 0.1) is 0 Å². The lowest BCUT2D eigenvalue weighted by atomic mass is 9.96. The predicted octanol–water partition coefficient (Wildman–Crippen LogP) is 1.26. The topological polar surface area (TPSA) is 46.6 Å². The second-order valence-electron chi connectivity index (χ2n) is 4.30. The Kier molecular flexibility index (Phi) is 2.99. The molecule has 1 saturated heterocycles. The third-order valence-corrected chi connectivity index (χ3v) is 3.35. The summed E-state index contributed by atoms with van der Waals surface area (Å²) >= 11 is 0. The molecule has 2 aliphatic heterocycles. The molecular formula is C12H17NO3. The monoisotopic (exact) mass is 223 g/mol. The molecule has 88 valence electrons. The number of ether oxygens (including phenoxy) is 1. The Morgan fingerprint density at radius 1 is 1.56 bits per heavy atom. The van der Waals surface area contributed by atoms with Gasteiger partial charge in [0.1, 0.15) is 5.57 Å². The van der Waals surface area contributed by atoms with Gasteiger partial charge in [0.25, 0.3) is 0 Å². The van der Waals surface area contributed by atoms with Crippen LogP contribution in [0.2, 0.25) is 0 Å². The highest BCUT2D eigenvalue weighted by Gasteiger charge is 2.37. The van der Waals surface area contributed by atoms with Crippen molar-refractivity contribution in [3.63, 3.8) is 0 Å². The molecule has 4 heteroatoms. The number of rotatable bonds is 2. The average Bonchev–Trinajstić information content (AvgIpc) is 2.66. The van der Waals surface area contributed by atoms with Crippen molar-refractivity contribution in [3.05, 3.63) is 11.3 Å². The van der Waals surface area contributed by atoms with E-state index in [1.807, 2.05) is 6.92 Å². The van der Waals surface area contributed by atoms with E-state index in [9.17, 15) is 9.59 Å². The van der Waals surface area contributed by atoms with Gasteiger partial charge in [-0.2, -0.15) is 0 Å². The zero-order chi connectivity index (χ0) is 11.7. The van der Waals surface area contributed by atoms with Crippen LogP contribution < -0.4 is 0 Å². The zero-order valence-electron chi connectivity index (χ0n) is 9.78. The molecule has 0 spiro atoms. The smallest absolute Gasteiger partial charge is 0.343 e. The van der Waals surface area contributed by atoms with E-state index in [-0.39, 0.29) is 11.4 Å². The first-order chi connectivity index (χ1) is 7.65. The summed E-state index contributed by atoms with van der Waals surface area (Å²) < 4.78 is 4.93. The minimum atomic E-state index is -0.463. The third-order valence-electron chi connectivity index (χ3n) is 3.35. The number of carbonyl (C=O) groups is 2. The summed E-state index contributed by atoms with van der Waals surface area (Å²) in [5.74, 6) is -0.519. The number of Topliss-reactive ketones (excluding diaryl/α,β-unsaturated/α-hetero) is 1. The molecule has 1 unspecified atom stereocenters. The van der Waals surface area contributed by atoms with Gasteiger partial charge in [-0.15, -0.1) is 0 Å². The first kappa shape index (κ1) is 11.2. The summed E-state index contributed by atoms with van der Waals surface area (Å²) in [6.07, 6.45) is 2.62. The molecule has 0 amide bonds. The number of hydrogen-bond acceptors (Lipinski definition) is 4. The molecule has 0 N–H and O–H groups in total. The zero-order valence-corrected chi connectivity index (χ0v) is 9.78. The van der Waals surface area contributed by atoms with Gasteiger partial charge in [0, 0.05) is 24.7 Å². The standard InChI is InChI=1S/C12H17NO3/c1-3-16-12(15)11-8(2)13-6-4-5-9(13)7-10(11)14/h9H,3-7H2,1-2H3. The summed E-state index contributed by atoms with van der Waals surface area (Å²) in [4.78, 5) is 25.7. The molecule has 0 aliphatic carbocycles. The van der Waals surface area contributed by atoms with Crippen molar-refractivity contribution in [1.29, 1.82) is 0 Å². The van der Waals surface area contributed by atoms with Crippen molar-refractivity contribution < 1.29 is 14.3 Å². The summed E-state index contributed by atoms with van der Waals surface area (Å²) in [7, 11) is 0. The molecule has 1 atom stereocenters. The molecule has 4 nitrogen and oxygen atoms in total. The maximum Gasteiger partial charge on any atom is 0.343 e. The average molecular weight is 223 g/mol. The Morgan fingerprint density at radius 3 is 3.00 bits per heavy atom. The number of allylic oxidation sites excluding steroid dienone is 1. The summed E-state index contributed by atoms with van der Waals surface area (Å²) in [5, 5.41) is 0. The van der Waals surface area contributed by atoms with E-state index in [0.717, 1.165) is 25.1 Å². The molecular weight excluding hydrogens is 206 g/mol. The van der Waals surface area contributed by atoms with Gasteiger partial charge in [0.2, 0.25) is 0 Å². The lowest BCUT2D eigenvalue weighted by Crippen LogP contribution is -2.38. The van der Waals surface area contributed by atoms with Crippen LogP contribution in [0.3, 0.4) is 0 Å². The lowest BCUT2D eigenvalue weighted by molar-refractivity contribution is -0.140. The number of carbonyl (C=O) groups excluding carboxylic acids is 2. The van der Waals surface area contributed by atoms with Gasteiger partial charge in [-0.05, 0) is 26.7 Å². The molecule has 0 saturated carbocycles. The largest absolute Gasteiger partial charge is 0.462 e. The summed E-state index contributed by atoms with van der Waals surface area (Å²) in [5.41, 5.74) is 1.07. The maximum atomic E-state index is 11.9. The Bertz CT molecular complexity index is 359. The highest BCUT2D eigenvalue weighted by atomic mass is 16.5. The SMILES string of the molecule is CCOC(=O)C1=C(C)N2CCCC2CC1=O. The maximum absolute atomic E-state index is 11.9. The van der Waals surface area contributed by atoms with E-state index in [1.54, 1.807) is 6.92 Å². The van der Waals surface area contributed by atoms with Crippen molar-refractivity contribution in [2.45, 2.75) is 39.2 Å². The normalized spacial score (nSPS) is 24.8. The quantitative estimate of drug-likeness (QED) is 0.522. The molecule has 0 bridgehead atoms. The highest BCUT2D eigenvalue weighted by Crippen LogP contribution is 2.32. The number of esters is 1. The van der Waals surface area contributed by atoms with E-state index in [2.05, 4.69) is 4.90 Å². The van der Waals surface area contributed by atoms with Crippen LogP contribution in [0.5, 0.6) is 0 Å². The summed E-state index contributed by atoms with van der Waals surface area (Å²) in [6.45, 7) is 4.86. The van der Waals surface area contributed by atoms with Gasteiger partial charge in [-0.25, -0.2) is 4.79 Å². The van der Waals surface area contributed by atoms with Crippen LogP contribution in [-0.2, 0) is 14.3 Å². The fourth-order valence-electron chi connectivity index (χ4n) is 2.62. The van der Waals surface area contributed by atoms with Crippen LogP contribution in [0.4, 0.5) is 0 Å². The lowest BCUT2D eigenvalue weighted by Gasteiger charge is -2.32. The third kappa shape index (κ3) is 1.72. The molecule has 0 aromatic rings.